The maximum absolute atomic E-state index is 12.1. The fourth-order valence-corrected chi connectivity index (χ4v) is 4.08. The maximum atomic E-state index is 12.1. The summed E-state index contributed by atoms with van der Waals surface area (Å²) in [4.78, 5) is 26.3. The first-order chi connectivity index (χ1) is 12.1. The summed E-state index contributed by atoms with van der Waals surface area (Å²) < 4.78 is 0. The summed E-state index contributed by atoms with van der Waals surface area (Å²) >= 11 is 2.01. The van der Waals surface area contributed by atoms with Crippen LogP contribution < -0.4 is 10.6 Å². The Bertz CT molecular complexity index is 616. The molecule has 1 heterocycles. The van der Waals surface area contributed by atoms with Crippen LogP contribution in [-0.2, 0) is 16.1 Å². The Hall–Kier alpha value is -1.53. The molecule has 25 heavy (non-hydrogen) atoms. The molecular formula is C19H27N3O2S. The number of nitrogens with zero attached hydrogens (tertiary/aromatic N) is 1. The zero-order valence-electron chi connectivity index (χ0n) is 14.8. The Morgan fingerprint density at radius 3 is 2.76 bits per heavy atom. The molecule has 3 rings (SSSR count). The van der Waals surface area contributed by atoms with Crippen LogP contribution in [0.2, 0.25) is 0 Å². The van der Waals surface area contributed by atoms with Gasteiger partial charge in [0.15, 0.2) is 0 Å². The average molecular weight is 362 g/mol. The summed E-state index contributed by atoms with van der Waals surface area (Å²) in [6, 6.07) is 8.05. The third-order valence-electron chi connectivity index (χ3n) is 4.82. The van der Waals surface area contributed by atoms with Crippen molar-refractivity contribution >= 4 is 29.3 Å². The number of benzene rings is 1. The molecule has 1 aromatic rings. The van der Waals surface area contributed by atoms with Gasteiger partial charge in [0.2, 0.25) is 11.8 Å². The average Bonchev–Trinajstić information content (AvgIpc) is 3.33. The molecule has 6 heteroatoms. The van der Waals surface area contributed by atoms with Gasteiger partial charge in [0.05, 0.1) is 0 Å². The minimum absolute atomic E-state index is 0.0596. The molecule has 0 spiro atoms. The molecule has 1 aliphatic heterocycles. The highest BCUT2D eigenvalue weighted by atomic mass is 32.2. The predicted molar refractivity (Wildman–Crippen MR) is 103 cm³/mol. The van der Waals surface area contributed by atoms with Crippen molar-refractivity contribution in [2.45, 2.75) is 26.3 Å². The van der Waals surface area contributed by atoms with Gasteiger partial charge in [-0.25, -0.2) is 0 Å². The van der Waals surface area contributed by atoms with E-state index in [0.717, 1.165) is 31.7 Å². The fourth-order valence-electron chi connectivity index (χ4n) is 3.11. The van der Waals surface area contributed by atoms with Crippen LogP contribution in [0.3, 0.4) is 0 Å². The number of anilines is 1. The Morgan fingerprint density at radius 1 is 1.28 bits per heavy atom. The number of thioether (sulfide) groups is 1. The van der Waals surface area contributed by atoms with Crippen molar-refractivity contribution in [2.75, 3.05) is 36.5 Å². The molecule has 0 radical (unpaired) electrons. The number of nitrogens with one attached hydrogen (secondary N) is 2. The molecule has 136 valence electrons. The van der Waals surface area contributed by atoms with Crippen molar-refractivity contribution in [1.82, 2.24) is 10.2 Å². The van der Waals surface area contributed by atoms with Crippen molar-refractivity contribution in [3.05, 3.63) is 29.8 Å². The van der Waals surface area contributed by atoms with Gasteiger partial charge in [-0.3, -0.25) is 14.5 Å². The van der Waals surface area contributed by atoms with Crippen LogP contribution in [-0.4, -0.2) is 47.9 Å². The van der Waals surface area contributed by atoms with Crippen LogP contribution in [0.15, 0.2) is 24.3 Å². The molecule has 2 fully saturated rings. The number of amides is 2. The smallest absolute Gasteiger partial charge is 0.226 e. The van der Waals surface area contributed by atoms with Crippen LogP contribution in [0.25, 0.3) is 0 Å². The van der Waals surface area contributed by atoms with Gasteiger partial charge in [-0.15, -0.1) is 0 Å². The predicted octanol–water partition coefficient (Wildman–Crippen LogP) is 2.34. The Balaban J connectivity index is 1.41. The van der Waals surface area contributed by atoms with Gasteiger partial charge < -0.3 is 10.6 Å². The number of carbonyl (C=O) groups excluding carboxylic acids is 2. The Kier molecular flexibility index (Phi) is 6.37. The monoisotopic (exact) mass is 361 g/mol. The molecule has 1 aliphatic carbocycles. The minimum atomic E-state index is -0.0596. The summed E-state index contributed by atoms with van der Waals surface area (Å²) in [6.07, 6.45) is 1.28. The molecular weight excluding hydrogens is 334 g/mol. The first-order valence-electron chi connectivity index (χ1n) is 9.08. The van der Waals surface area contributed by atoms with Gasteiger partial charge in [0.25, 0.3) is 0 Å². The largest absolute Gasteiger partial charge is 0.355 e. The van der Waals surface area contributed by atoms with E-state index in [1.165, 1.54) is 17.1 Å². The molecule has 2 N–H and O–H groups in total. The lowest BCUT2D eigenvalue weighted by Crippen LogP contribution is -2.32. The third kappa shape index (κ3) is 5.75. The highest BCUT2D eigenvalue weighted by Gasteiger charge is 2.38. The summed E-state index contributed by atoms with van der Waals surface area (Å²) in [6.45, 7) is 5.66. The number of carbonyl (C=O) groups is 2. The van der Waals surface area contributed by atoms with Gasteiger partial charge >= 0.3 is 0 Å². The molecule has 0 bridgehead atoms. The lowest BCUT2D eigenvalue weighted by molar-refractivity contribution is -0.122. The topological polar surface area (TPSA) is 61.4 Å². The van der Waals surface area contributed by atoms with Crippen LogP contribution >= 0.6 is 11.8 Å². The van der Waals surface area contributed by atoms with Crippen molar-refractivity contribution in [3.8, 4) is 0 Å². The molecule has 0 aromatic heterocycles. The number of hydrogen-bond donors (Lipinski definition) is 2. The van der Waals surface area contributed by atoms with Crippen LogP contribution in [0, 0.1) is 11.8 Å². The molecule has 1 saturated carbocycles. The van der Waals surface area contributed by atoms with Crippen LogP contribution in [0.4, 0.5) is 5.69 Å². The molecule has 0 unspecified atom stereocenters. The minimum Gasteiger partial charge on any atom is -0.355 e. The van der Waals surface area contributed by atoms with Gasteiger partial charge in [0, 0.05) is 55.7 Å². The summed E-state index contributed by atoms with van der Waals surface area (Å²) in [7, 11) is 0. The molecule has 2 aliphatic rings. The van der Waals surface area contributed by atoms with E-state index in [1.807, 2.05) is 30.0 Å². The summed E-state index contributed by atoms with van der Waals surface area (Å²) in [5.74, 6) is 3.07. The molecule has 1 aromatic carbocycles. The van der Waals surface area contributed by atoms with E-state index >= 15 is 0 Å². The van der Waals surface area contributed by atoms with E-state index in [1.54, 1.807) is 0 Å². The Labute approximate surface area is 153 Å². The highest BCUT2D eigenvalue weighted by molar-refractivity contribution is 7.99. The molecule has 1 saturated heterocycles. The quantitative estimate of drug-likeness (QED) is 0.783. The molecule has 5 nitrogen and oxygen atoms in total. The highest BCUT2D eigenvalue weighted by Crippen LogP contribution is 2.37. The Morgan fingerprint density at radius 2 is 2.04 bits per heavy atom. The normalized spacial score (nSPS) is 23.1. The van der Waals surface area contributed by atoms with E-state index in [2.05, 4.69) is 28.5 Å². The molecule has 2 amide bonds. The van der Waals surface area contributed by atoms with Crippen LogP contribution in [0.5, 0.6) is 0 Å². The first kappa shape index (κ1) is 18.3. The summed E-state index contributed by atoms with van der Waals surface area (Å²) in [5, 5.41) is 5.78. The van der Waals surface area contributed by atoms with Crippen molar-refractivity contribution < 1.29 is 9.59 Å². The van der Waals surface area contributed by atoms with Gasteiger partial charge in [-0.2, -0.15) is 11.8 Å². The third-order valence-corrected chi connectivity index (χ3v) is 5.76. The number of hydrogen-bond acceptors (Lipinski definition) is 4. The van der Waals surface area contributed by atoms with E-state index in [-0.39, 0.29) is 17.7 Å². The SMILES string of the molecule is C[C@H]1C[C@H]1C(=O)NCCC(=O)Nc1cccc(CN2CCSCC2)c1. The maximum Gasteiger partial charge on any atom is 0.226 e. The zero-order valence-corrected chi connectivity index (χ0v) is 15.6. The van der Waals surface area contributed by atoms with Gasteiger partial charge in [-0.05, 0) is 30.0 Å². The van der Waals surface area contributed by atoms with E-state index in [0.29, 0.717) is 18.9 Å². The fraction of sp³-hybridized carbons (Fsp3) is 0.579. The van der Waals surface area contributed by atoms with Gasteiger partial charge in [0.1, 0.15) is 0 Å². The zero-order chi connectivity index (χ0) is 17.6. The lowest BCUT2D eigenvalue weighted by Gasteiger charge is -2.26. The lowest BCUT2D eigenvalue weighted by atomic mass is 10.2. The summed E-state index contributed by atoms with van der Waals surface area (Å²) in [5.41, 5.74) is 2.05. The second-order valence-electron chi connectivity index (χ2n) is 7.00. The number of rotatable bonds is 7. The van der Waals surface area contributed by atoms with E-state index in [4.69, 9.17) is 0 Å². The van der Waals surface area contributed by atoms with Gasteiger partial charge in [-0.1, -0.05) is 19.1 Å². The van der Waals surface area contributed by atoms with E-state index in [9.17, 15) is 9.59 Å². The van der Waals surface area contributed by atoms with E-state index < -0.39 is 0 Å². The van der Waals surface area contributed by atoms with Crippen molar-refractivity contribution in [3.63, 3.8) is 0 Å². The van der Waals surface area contributed by atoms with Crippen molar-refractivity contribution in [1.29, 1.82) is 0 Å². The van der Waals surface area contributed by atoms with Crippen molar-refractivity contribution in [2.24, 2.45) is 11.8 Å². The molecule has 2 atom stereocenters. The first-order valence-corrected chi connectivity index (χ1v) is 10.2. The van der Waals surface area contributed by atoms with Crippen LogP contribution in [0.1, 0.15) is 25.3 Å². The second kappa shape index (κ2) is 8.72. The second-order valence-corrected chi connectivity index (χ2v) is 8.22. The standard InChI is InChI=1S/C19H27N3O2S/c1-14-11-17(14)19(24)20-6-5-18(23)21-16-4-2-3-15(12-16)13-22-7-9-25-10-8-22/h2-4,12,14,17H,5-11,13H2,1H3,(H,20,24)(H,21,23)/t14-,17+/m0/s1.